The van der Waals surface area contributed by atoms with Crippen LogP contribution in [0, 0.1) is 17.6 Å². The molecule has 1 aliphatic carbocycles. The summed E-state index contributed by atoms with van der Waals surface area (Å²) in [7, 11) is 0. The molecule has 1 amide bonds. The van der Waals surface area contributed by atoms with E-state index >= 15 is 0 Å². The minimum atomic E-state index is -1.40. The third-order valence-electron chi connectivity index (χ3n) is 4.25. The van der Waals surface area contributed by atoms with E-state index in [2.05, 4.69) is 10.9 Å². The number of rotatable bonds is 6. The number of carbonyl (C=O) groups is 1. The Morgan fingerprint density at radius 2 is 2.00 bits per heavy atom. The van der Waals surface area contributed by atoms with Gasteiger partial charge in [0.2, 0.25) is 0 Å². The highest BCUT2D eigenvalue weighted by molar-refractivity contribution is 5.82. The third kappa shape index (κ3) is 5.14. The van der Waals surface area contributed by atoms with Crippen LogP contribution in [0.3, 0.4) is 0 Å². The second-order valence-corrected chi connectivity index (χ2v) is 6.09. The molecule has 0 heterocycles. The standard InChI is InChI=1S/C16H23F2N3O2/c17-11-6-7-12(18)14(9-11)20-21-16(23)15(22)13(19)8-10-4-2-1-3-5-10/h6-7,9-10,13,15,20,22H,1-5,8,19H2,(H,21,23)/t13-,15?/m1/s1. The van der Waals surface area contributed by atoms with E-state index in [1.54, 1.807) is 0 Å². The lowest BCUT2D eigenvalue weighted by Crippen LogP contribution is -2.48. The maximum absolute atomic E-state index is 13.4. The molecule has 1 unspecified atom stereocenters. The summed E-state index contributed by atoms with van der Waals surface area (Å²) in [5.41, 5.74) is 10.1. The van der Waals surface area contributed by atoms with Crippen molar-refractivity contribution in [3.05, 3.63) is 29.8 Å². The van der Waals surface area contributed by atoms with Crippen molar-refractivity contribution >= 4 is 11.6 Å². The van der Waals surface area contributed by atoms with Crippen LogP contribution in [0.15, 0.2) is 18.2 Å². The van der Waals surface area contributed by atoms with Crippen molar-refractivity contribution < 1.29 is 18.7 Å². The number of aliphatic hydroxyl groups excluding tert-OH is 1. The third-order valence-corrected chi connectivity index (χ3v) is 4.25. The van der Waals surface area contributed by atoms with Crippen LogP contribution in [0.25, 0.3) is 0 Å². The zero-order valence-corrected chi connectivity index (χ0v) is 12.9. The minimum Gasteiger partial charge on any atom is -0.382 e. The predicted octanol–water partition coefficient (Wildman–Crippen LogP) is 2.07. The Labute approximate surface area is 134 Å². The number of hydrogen-bond acceptors (Lipinski definition) is 4. The first-order valence-electron chi connectivity index (χ1n) is 7.92. The van der Waals surface area contributed by atoms with E-state index in [1.807, 2.05) is 0 Å². The molecular formula is C16H23F2N3O2. The van der Waals surface area contributed by atoms with Crippen LogP contribution in [0.2, 0.25) is 0 Å². The largest absolute Gasteiger partial charge is 0.382 e. The van der Waals surface area contributed by atoms with Gasteiger partial charge in [0.1, 0.15) is 17.7 Å². The lowest BCUT2D eigenvalue weighted by Gasteiger charge is -2.26. The Balaban J connectivity index is 1.82. The molecular weight excluding hydrogens is 304 g/mol. The monoisotopic (exact) mass is 327 g/mol. The van der Waals surface area contributed by atoms with Crippen LogP contribution in [0.5, 0.6) is 0 Å². The summed E-state index contributed by atoms with van der Waals surface area (Å²) in [5.74, 6) is -1.70. The van der Waals surface area contributed by atoms with Crippen molar-refractivity contribution in [1.82, 2.24) is 5.43 Å². The molecule has 2 rings (SSSR count). The molecule has 1 aromatic carbocycles. The van der Waals surface area contributed by atoms with E-state index < -0.39 is 29.7 Å². The number of amides is 1. The fourth-order valence-corrected chi connectivity index (χ4v) is 2.93. The molecule has 1 saturated carbocycles. The number of carbonyl (C=O) groups excluding carboxylic acids is 1. The summed E-state index contributed by atoms with van der Waals surface area (Å²) >= 11 is 0. The van der Waals surface area contributed by atoms with Crippen molar-refractivity contribution in [2.45, 2.75) is 50.7 Å². The number of benzene rings is 1. The molecule has 7 heteroatoms. The van der Waals surface area contributed by atoms with Crippen molar-refractivity contribution in [3.63, 3.8) is 0 Å². The fourth-order valence-electron chi connectivity index (χ4n) is 2.93. The summed E-state index contributed by atoms with van der Waals surface area (Å²) in [6, 6.07) is 2.13. The van der Waals surface area contributed by atoms with Gasteiger partial charge in [-0.3, -0.25) is 15.6 Å². The first-order chi connectivity index (χ1) is 11.0. The molecule has 0 aliphatic heterocycles. The van der Waals surface area contributed by atoms with Gasteiger partial charge in [-0.05, 0) is 24.5 Å². The zero-order chi connectivity index (χ0) is 16.8. The normalized spacial score (nSPS) is 18.3. The Bertz CT molecular complexity index is 536. The second kappa shape index (κ2) is 8.21. The molecule has 0 aromatic heterocycles. The van der Waals surface area contributed by atoms with Gasteiger partial charge < -0.3 is 10.8 Å². The van der Waals surface area contributed by atoms with E-state index in [4.69, 9.17) is 5.73 Å². The average molecular weight is 327 g/mol. The predicted molar refractivity (Wildman–Crippen MR) is 83.3 cm³/mol. The molecule has 5 nitrogen and oxygen atoms in total. The number of hydrogen-bond donors (Lipinski definition) is 4. The maximum Gasteiger partial charge on any atom is 0.268 e. The first kappa shape index (κ1) is 17.6. The van der Waals surface area contributed by atoms with Crippen molar-refractivity contribution in [2.24, 2.45) is 11.7 Å². The van der Waals surface area contributed by atoms with E-state index in [9.17, 15) is 18.7 Å². The number of nitrogens with one attached hydrogen (secondary N) is 2. The van der Waals surface area contributed by atoms with Crippen LogP contribution < -0.4 is 16.6 Å². The fraction of sp³-hybridized carbons (Fsp3) is 0.562. The quantitative estimate of drug-likeness (QED) is 0.602. The van der Waals surface area contributed by atoms with Gasteiger partial charge in [-0.15, -0.1) is 0 Å². The number of hydrazine groups is 1. The van der Waals surface area contributed by atoms with Crippen molar-refractivity contribution in [1.29, 1.82) is 0 Å². The molecule has 0 saturated heterocycles. The Hall–Kier alpha value is -1.73. The van der Waals surface area contributed by atoms with Crippen LogP contribution in [0.1, 0.15) is 38.5 Å². The van der Waals surface area contributed by atoms with Crippen molar-refractivity contribution in [2.75, 3.05) is 5.43 Å². The van der Waals surface area contributed by atoms with E-state index in [0.29, 0.717) is 12.3 Å². The highest BCUT2D eigenvalue weighted by Crippen LogP contribution is 2.27. The second-order valence-electron chi connectivity index (χ2n) is 6.09. The summed E-state index contributed by atoms with van der Waals surface area (Å²) in [6.45, 7) is 0. The molecule has 5 N–H and O–H groups in total. The molecule has 2 atom stereocenters. The van der Waals surface area contributed by atoms with E-state index in [0.717, 1.165) is 43.9 Å². The van der Waals surface area contributed by atoms with Gasteiger partial charge in [-0.2, -0.15) is 0 Å². The SMILES string of the molecule is N[C@H](CC1CCCCC1)C(O)C(=O)NNc1cc(F)ccc1F. The number of nitrogens with two attached hydrogens (primary N) is 1. The molecule has 0 radical (unpaired) electrons. The van der Waals surface area contributed by atoms with Gasteiger partial charge in [-0.25, -0.2) is 8.78 Å². The van der Waals surface area contributed by atoms with Gasteiger partial charge in [-0.1, -0.05) is 32.1 Å². The summed E-state index contributed by atoms with van der Waals surface area (Å²) in [4.78, 5) is 11.9. The molecule has 128 valence electrons. The molecule has 1 aliphatic rings. The minimum absolute atomic E-state index is 0.216. The van der Waals surface area contributed by atoms with E-state index in [1.165, 1.54) is 6.42 Å². The highest BCUT2D eigenvalue weighted by Gasteiger charge is 2.26. The van der Waals surface area contributed by atoms with Gasteiger partial charge >= 0.3 is 0 Å². The number of halogens is 2. The lowest BCUT2D eigenvalue weighted by molar-refractivity contribution is -0.130. The number of anilines is 1. The maximum atomic E-state index is 13.4. The van der Waals surface area contributed by atoms with Crippen molar-refractivity contribution in [3.8, 4) is 0 Å². The molecule has 0 bridgehead atoms. The molecule has 1 fully saturated rings. The van der Waals surface area contributed by atoms with Gasteiger partial charge in [0, 0.05) is 12.1 Å². The van der Waals surface area contributed by atoms with Crippen LogP contribution in [-0.2, 0) is 4.79 Å². The van der Waals surface area contributed by atoms with Crippen LogP contribution in [0.4, 0.5) is 14.5 Å². The lowest BCUT2D eigenvalue weighted by atomic mass is 9.84. The smallest absolute Gasteiger partial charge is 0.268 e. The summed E-state index contributed by atoms with van der Waals surface area (Å²) in [5, 5.41) is 9.97. The number of aliphatic hydroxyl groups is 1. The van der Waals surface area contributed by atoms with Crippen LogP contribution >= 0.6 is 0 Å². The summed E-state index contributed by atoms with van der Waals surface area (Å²) < 4.78 is 26.5. The van der Waals surface area contributed by atoms with E-state index in [-0.39, 0.29) is 5.69 Å². The zero-order valence-electron chi connectivity index (χ0n) is 12.9. The summed E-state index contributed by atoms with van der Waals surface area (Å²) in [6.07, 6.45) is 4.82. The molecule has 0 spiro atoms. The Morgan fingerprint density at radius 1 is 1.30 bits per heavy atom. The highest BCUT2D eigenvalue weighted by atomic mass is 19.1. The Kier molecular flexibility index (Phi) is 6.29. The molecule has 1 aromatic rings. The Morgan fingerprint density at radius 3 is 2.70 bits per heavy atom. The molecule has 23 heavy (non-hydrogen) atoms. The average Bonchev–Trinajstić information content (AvgIpc) is 2.55. The van der Waals surface area contributed by atoms with Gasteiger partial charge in [0.15, 0.2) is 0 Å². The van der Waals surface area contributed by atoms with Crippen LogP contribution in [-0.4, -0.2) is 23.2 Å². The first-order valence-corrected chi connectivity index (χ1v) is 7.92. The van der Waals surface area contributed by atoms with Gasteiger partial charge in [0.25, 0.3) is 5.91 Å². The van der Waals surface area contributed by atoms with Gasteiger partial charge in [0.05, 0.1) is 5.69 Å². The topological polar surface area (TPSA) is 87.4 Å².